The van der Waals surface area contributed by atoms with Crippen LogP contribution in [0.15, 0.2) is 53.8 Å². The molecule has 160 valence electrons. The molecule has 0 bridgehead atoms. The molecule has 2 aromatic heterocycles. The van der Waals surface area contributed by atoms with Crippen LogP contribution in [0.5, 0.6) is 0 Å². The molecule has 9 nitrogen and oxygen atoms in total. The number of hydrogen-bond acceptors (Lipinski definition) is 5. The van der Waals surface area contributed by atoms with Crippen LogP contribution in [-0.4, -0.2) is 40.4 Å². The highest BCUT2D eigenvalue weighted by Gasteiger charge is 2.23. The lowest BCUT2D eigenvalue weighted by molar-refractivity contribution is 0.0931. The number of aryl methyl sites for hydroxylation is 2. The fourth-order valence-corrected chi connectivity index (χ4v) is 4.14. The maximum Gasteiger partial charge on any atom is 0.273 e. The molecule has 0 saturated carbocycles. The molecule has 3 rings (SSSR count). The molecular weight excluding hydrogens is 428 g/mol. The van der Waals surface area contributed by atoms with Crippen LogP contribution >= 0.6 is 11.6 Å². The molecule has 0 radical (unpaired) electrons. The second-order valence-corrected chi connectivity index (χ2v) is 8.90. The Balaban J connectivity index is 1.79. The van der Waals surface area contributed by atoms with Crippen LogP contribution in [0.3, 0.4) is 0 Å². The molecular formula is C19H23ClN6O3S. The first-order valence-corrected chi connectivity index (χ1v) is 11.2. The summed E-state index contributed by atoms with van der Waals surface area (Å²) in [5.41, 5.74) is 0.838. The highest BCUT2D eigenvalue weighted by atomic mass is 35.5. The van der Waals surface area contributed by atoms with Crippen LogP contribution < -0.4 is 10.0 Å². The molecule has 0 aliphatic rings. The number of halogens is 1. The Morgan fingerprint density at radius 1 is 1.23 bits per heavy atom. The SMILES string of the molecule is CCCn1cc(Cl)c(C(=O)NC(CNS(=O)(=O)c2cnn(C)c2)c2ccccc2)n1. The Hall–Kier alpha value is -2.69. The monoisotopic (exact) mass is 450 g/mol. The lowest BCUT2D eigenvalue weighted by atomic mass is 10.1. The van der Waals surface area contributed by atoms with E-state index in [9.17, 15) is 13.2 Å². The number of carbonyl (C=O) groups excluding carboxylic acids is 1. The van der Waals surface area contributed by atoms with Crippen molar-refractivity contribution < 1.29 is 13.2 Å². The average Bonchev–Trinajstić information content (AvgIpc) is 3.32. The predicted octanol–water partition coefficient (Wildman–Crippen LogP) is 2.13. The summed E-state index contributed by atoms with van der Waals surface area (Å²) in [6.45, 7) is 2.58. The van der Waals surface area contributed by atoms with Crippen molar-refractivity contribution in [2.24, 2.45) is 7.05 Å². The minimum absolute atomic E-state index is 0.0458. The van der Waals surface area contributed by atoms with Crippen LogP contribution in [0, 0.1) is 0 Å². The van der Waals surface area contributed by atoms with E-state index in [0.29, 0.717) is 6.54 Å². The molecule has 0 spiro atoms. The van der Waals surface area contributed by atoms with Crippen molar-refractivity contribution in [3.05, 3.63) is 65.2 Å². The molecule has 11 heteroatoms. The molecule has 2 N–H and O–H groups in total. The van der Waals surface area contributed by atoms with Crippen molar-refractivity contribution in [1.82, 2.24) is 29.6 Å². The molecule has 0 aliphatic carbocycles. The second-order valence-electron chi connectivity index (χ2n) is 6.73. The summed E-state index contributed by atoms with van der Waals surface area (Å²) < 4.78 is 30.6. The number of hydrogen-bond donors (Lipinski definition) is 2. The Kier molecular flexibility index (Phi) is 6.91. The molecule has 30 heavy (non-hydrogen) atoms. The smallest absolute Gasteiger partial charge is 0.273 e. The van der Waals surface area contributed by atoms with Gasteiger partial charge in [-0.25, -0.2) is 13.1 Å². The summed E-state index contributed by atoms with van der Waals surface area (Å²) in [6, 6.07) is 8.45. The van der Waals surface area contributed by atoms with Crippen molar-refractivity contribution in [2.45, 2.75) is 30.8 Å². The summed E-state index contributed by atoms with van der Waals surface area (Å²) >= 11 is 6.17. The summed E-state index contributed by atoms with van der Waals surface area (Å²) in [6.07, 6.45) is 5.11. The van der Waals surface area contributed by atoms with Crippen LogP contribution in [0.25, 0.3) is 0 Å². The third-order valence-electron chi connectivity index (χ3n) is 4.36. The van der Waals surface area contributed by atoms with E-state index >= 15 is 0 Å². The van der Waals surface area contributed by atoms with Crippen molar-refractivity contribution in [3.63, 3.8) is 0 Å². The van der Waals surface area contributed by atoms with Crippen molar-refractivity contribution in [2.75, 3.05) is 6.54 Å². The standard InChI is InChI=1S/C19H23ClN6O3S/c1-3-9-26-13-16(20)18(24-26)19(27)23-17(14-7-5-4-6-8-14)11-22-30(28,29)15-10-21-25(2)12-15/h4-8,10,12-13,17,22H,3,9,11H2,1-2H3,(H,23,27). The quantitative estimate of drug-likeness (QED) is 0.518. The van der Waals surface area contributed by atoms with E-state index in [2.05, 4.69) is 20.2 Å². The number of amides is 1. The Morgan fingerprint density at radius 2 is 1.97 bits per heavy atom. The number of aromatic nitrogens is 4. The van der Waals surface area contributed by atoms with Gasteiger partial charge in [-0.05, 0) is 12.0 Å². The Labute approximate surface area is 180 Å². The highest BCUT2D eigenvalue weighted by molar-refractivity contribution is 7.89. The van der Waals surface area contributed by atoms with Gasteiger partial charge < -0.3 is 5.32 Å². The predicted molar refractivity (Wildman–Crippen MR) is 113 cm³/mol. The van der Waals surface area contributed by atoms with Gasteiger partial charge in [0.2, 0.25) is 10.0 Å². The van der Waals surface area contributed by atoms with Crippen molar-refractivity contribution >= 4 is 27.5 Å². The van der Waals surface area contributed by atoms with Gasteiger partial charge in [0, 0.05) is 32.5 Å². The second kappa shape index (κ2) is 9.41. The maximum atomic E-state index is 12.8. The molecule has 2 heterocycles. The molecule has 0 fully saturated rings. The molecule has 0 saturated heterocycles. The fraction of sp³-hybridized carbons (Fsp3) is 0.316. The van der Waals surface area contributed by atoms with Crippen molar-refractivity contribution in [3.8, 4) is 0 Å². The van der Waals surface area contributed by atoms with Gasteiger partial charge in [-0.1, -0.05) is 48.9 Å². The van der Waals surface area contributed by atoms with Crippen LogP contribution in [0.2, 0.25) is 5.02 Å². The Morgan fingerprint density at radius 3 is 2.60 bits per heavy atom. The normalized spacial score (nSPS) is 12.6. The molecule has 3 aromatic rings. The molecule has 0 aliphatic heterocycles. The van der Waals surface area contributed by atoms with Gasteiger partial charge in [-0.2, -0.15) is 10.2 Å². The summed E-state index contributed by atoms with van der Waals surface area (Å²) in [4.78, 5) is 12.8. The third kappa shape index (κ3) is 5.26. The zero-order chi connectivity index (χ0) is 21.7. The van der Waals surface area contributed by atoms with Crippen LogP contribution in [0.1, 0.15) is 35.4 Å². The number of rotatable bonds is 9. The lowest BCUT2D eigenvalue weighted by Gasteiger charge is -2.19. The zero-order valence-electron chi connectivity index (χ0n) is 16.6. The van der Waals surface area contributed by atoms with E-state index < -0.39 is 22.0 Å². The molecule has 1 atom stereocenters. The Bertz CT molecular complexity index is 1110. The van der Waals surface area contributed by atoms with E-state index in [-0.39, 0.29) is 22.2 Å². The first-order valence-electron chi connectivity index (χ1n) is 9.37. The van der Waals surface area contributed by atoms with Gasteiger partial charge in [0.15, 0.2) is 5.69 Å². The number of sulfonamides is 1. The number of carbonyl (C=O) groups is 1. The maximum absolute atomic E-state index is 12.8. The van der Waals surface area contributed by atoms with Gasteiger partial charge in [-0.15, -0.1) is 0 Å². The van der Waals surface area contributed by atoms with E-state index in [0.717, 1.165) is 12.0 Å². The van der Waals surface area contributed by atoms with Gasteiger partial charge in [0.1, 0.15) is 4.90 Å². The summed E-state index contributed by atoms with van der Waals surface area (Å²) in [5.74, 6) is -0.482. The minimum Gasteiger partial charge on any atom is -0.342 e. The van der Waals surface area contributed by atoms with Crippen LogP contribution in [0.4, 0.5) is 0 Å². The first-order chi connectivity index (χ1) is 14.3. The topological polar surface area (TPSA) is 111 Å². The van der Waals surface area contributed by atoms with Crippen LogP contribution in [-0.2, 0) is 23.6 Å². The number of nitrogens with one attached hydrogen (secondary N) is 2. The molecule has 1 unspecified atom stereocenters. The summed E-state index contributed by atoms with van der Waals surface area (Å²) in [7, 11) is -2.15. The third-order valence-corrected chi connectivity index (χ3v) is 6.02. The van der Waals surface area contributed by atoms with Gasteiger partial charge in [0.25, 0.3) is 5.91 Å². The van der Waals surface area contributed by atoms with E-state index in [1.807, 2.05) is 25.1 Å². The van der Waals surface area contributed by atoms with Gasteiger partial charge >= 0.3 is 0 Å². The number of benzene rings is 1. The van der Waals surface area contributed by atoms with Crippen molar-refractivity contribution in [1.29, 1.82) is 0 Å². The number of nitrogens with zero attached hydrogens (tertiary/aromatic N) is 4. The lowest BCUT2D eigenvalue weighted by Crippen LogP contribution is -2.38. The van der Waals surface area contributed by atoms with E-state index in [4.69, 9.17) is 11.6 Å². The highest BCUT2D eigenvalue weighted by Crippen LogP contribution is 2.18. The summed E-state index contributed by atoms with van der Waals surface area (Å²) in [5, 5.41) is 11.2. The average molecular weight is 451 g/mol. The van der Waals surface area contributed by atoms with E-state index in [1.54, 1.807) is 30.1 Å². The largest absolute Gasteiger partial charge is 0.342 e. The minimum atomic E-state index is -3.78. The fourth-order valence-electron chi connectivity index (χ4n) is 2.87. The molecule has 1 amide bonds. The first kappa shape index (κ1) is 22.0. The van der Waals surface area contributed by atoms with Gasteiger partial charge in [0.05, 0.1) is 17.3 Å². The van der Waals surface area contributed by atoms with E-state index in [1.165, 1.54) is 17.1 Å². The molecule has 1 aromatic carbocycles. The zero-order valence-corrected chi connectivity index (χ0v) is 18.2. The van der Waals surface area contributed by atoms with Gasteiger partial charge in [-0.3, -0.25) is 14.2 Å².